The highest BCUT2D eigenvalue weighted by Crippen LogP contribution is 2.29. The van der Waals surface area contributed by atoms with Crippen molar-refractivity contribution in [3.05, 3.63) is 18.2 Å². The van der Waals surface area contributed by atoms with Crippen LogP contribution in [0.15, 0.2) is 23.1 Å². The number of anilines is 1. The molecule has 1 aliphatic heterocycles. The zero-order valence-electron chi connectivity index (χ0n) is 10.6. The molecule has 6 nitrogen and oxygen atoms in total. The molecule has 0 aromatic heterocycles. The Morgan fingerprint density at radius 3 is 2.95 bits per heavy atom. The first-order valence-corrected chi connectivity index (χ1v) is 7.57. The fraction of sp³-hybridized carbons (Fsp3) is 0.417. The summed E-state index contributed by atoms with van der Waals surface area (Å²) in [6.45, 7) is 2.55. The van der Waals surface area contributed by atoms with E-state index >= 15 is 0 Å². The Morgan fingerprint density at radius 1 is 1.42 bits per heavy atom. The third-order valence-electron chi connectivity index (χ3n) is 2.66. The standard InChI is InChI=1S/C12H16N2O4S/c1-2-6-13-19(16,17)9-3-4-11-10(8-9)14-12(15)5-7-18-11/h3-4,8,13H,2,5-7H2,1H3,(H,14,15). The van der Waals surface area contributed by atoms with Crippen LogP contribution in [0.5, 0.6) is 5.75 Å². The molecule has 0 saturated heterocycles. The maximum Gasteiger partial charge on any atom is 0.240 e. The number of hydrogen-bond donors (Lipinski definition) is 2. The Hall–Kier alpha value is -1.60. The van der Waals surface area contributed by atoms with Crippen molar-refractivity contribution in [1.29, 1.82) is 0 Å². The summed E-state index contributed by atoms with van der Waals surface area (Å²) in [4.78, 5) is 11.5. The van der Waals surface area contributed by atoms with E-state index in [2.05, 4.69) is 10.0 Å². The van der Waals surface area contributed by atoms with Crippen molar-refractivity contribution in [3.63, 3.8) is 0 Å². The molecular formula is C12H16N2O4S. The smallest absolute Gasteiger partial charge is 0.240 e. The minimum Gasteiger partial charge on any atom is -0.491 e. The highest BCUT2D eigenvalue weighted by Gasteiger charge is 2.19. The van der Waals surface area contributed by atoms with Crippen LogP contribution in [0.2, 0.25) is 0 Å². The first kappa shape index (κ1) is 13.8. The van der Waals surface area contributed by atoms with Gasteiger partial charge in [0, 0.05) is 6.54 Å². The summed E-state index contributed by atoms with van der Waals surface area (Å²) in [5.41, 5.74) is 0.391. The van der Waals surface area contributed by atoms with Crippen LogP contribution in [0.4, 0.5) is 5.69 Å². The van der Waals surface area contributed by atoms with Gasteiger partial charge in [0.1, 0.15) is 5.75 Å². The third kappa shape index (κ3) is 3.24. The lowest BCUT2D eigenvalue weighted by Crippen LogP contribution is -2.24. The van der Waals surface area contributed by atoms with Gasteiger partial charge in [0.15, 0.2) is 0 Å². The van der Waals surface area contributed by atoms with Gasteiger partial charge in [0.25, 0.3) is 0 Å². The van der Waals surface area contributed by atoms with Crippen LogP contribution in [0.1, 0.15) is 19.8 Å². The van der Waals surface area contributed by atoms with Crippen molar-refractivity contribution in [2.24, 2.45) is 0 Å². The molecule has 0 saturated carbocycles. The molecule has 104 valence electrons. The Morgan fingerprint density at radius 2 is 2.21 bits per heavy atom. The normalized spacial score (nSPS) is 15.1. The Labute approximate surface area is 112 Å². The van der Waals surface area contributed by atoms with E-state index in [1.807, 2.05) is 6.92 Å². The Balaban J connectivity index is 2.32. The number of carbonyl (C=O) groups excluding carboxylic acids is 1. The molecule has 0 unspecified atom stereocenters. The molecule has 0 fully saturated rings. The second-order valence-corrected chi connectivity index (χ2v) is 5.97. The minimum absolute atomic E-state index is 0.116. The van der Waals surface area contributed by atoms with Crippen LogP contribution in [-0.2, 0) is 14.8 Å². The van der Waals surface area contributed by atoms with Crippen molar-refractivity contribution < 1.29 is 17.9 Å². The summed E-state index contributed by atoms with van der Waals surface area (Å²) < 4.78 is 31.8. The second kappa shape index (κ2) is 5.58. The van der Waals surface area contributed by atoms with E-state index in [4.69, 9.17) is 4.74 Å². The topological polar surface area (TPSA) is 84.5 Å². The van der Waals surface area contributed by atoms with Gasteiger partial charge in [-0.1, -0.05) is 6.92 Å². The van der Waals surface area contributed by atoms with Crippen molar-refractivity contribution in [2.45, 2.75) is 24.7 Å². The monoisotopic (exact) mass is 284 g/mol. The fourth-order valence-electron chi connectivity index (χ4n) is 1.69. The predicted octanol–water partition coefficient (Wildman–Crippen LogP) is 1.10. The highest BCUT2D eigenvalue weighted by atomic mass is 32.2. The lowest BCUT2D eigenvalue weighted by Gasteiger charge is -2.10. The maximum atomic E-state index is 12.0. The van der Waals surface area contributed by atoms with E-state index in [1.54, 1.807) is 6.07 Å². The molecule has 7 heteroatoms. The van der Waals surface area contributed by atoms with E-state index in [1.165, 1.54) is 12.1 Å². The van der Waals surface area contributed by atoms with Gasteiger partial charge in [-0.05, 0) is 24.6 Å². The molecule has 0 aliphatic carbocycles. The van der Waals surface area contributed by atoms with Gasteiger partial charge < -0.3 is 10.1 Å². The number of sulfonamides is 1. The summed E-state index contributed by atoms with van der Waals surface area (Å²) in [6, 6.07) is 4.44. The van der Waals surface area contributed by atoms with Crippen LogP contribution in [0.25, 0.3) is 0 Å². The van der Waals surface area contributed by atoms with Gasteiger partial charge in [0.05, 0.1) is 23.6 Å². The molecule has 0 atom stereocenters. The van der Waals surface area contributed by atoms with Crippen LogP contribution in [-0.4, -0.2) is 27.5 Å². The minimum atomic E-state index is -3.54. The molecule has 1 aromatic carbocycles. The van der Waals surface area contributed by atoms with Crippen LogP contribution in [0, 0.1) is 0 Å². The number of fused-ring (bicyclic) bond motifs is 1. The summed E-state index contributed by atoms with van der Waals surface area (Å²) in [5, 5.41) is 2.63. The fourth-order valence-corrected chi connectivity index (χ4v) is 2.85. The van der Waals surface area contributed by atoms with E-state index in [-0.39, 0.29) is 17.2 Å². The van der Waals surface area contributed by atoms with Crippen molar-refractivity contribution in [1.82, 2.24) is 4.72 Å². The van der Waals surface area contributed by atoms with Gasteiger partial charge in [-0.3, -0.25) is 4.79 Å². The number of amides is 1. The molecule has 1 amide bonds. The zero-order valence-corrected chi connectivity index (χ0v) is 11.4. The van der Waals surface area contributed by atoms with Gasteiger partial charge in [-0.15, -0.1) is 0 Å². The molecule has 1 aliphatic rings. The van der Waals surface area contributed by atoms with E-state index < -0.39 is 10.0 Å². The van der Waals surface area contributed by atoms with Crippen molar-refractivity contribution in [3.8, 4) is 5.75 Å². The molecule has 19 heavy (non-hydrogen) atoms. The van der Waals surface area contributed by atoms with Gasteiger partial charge >= 0.3 is 0 Å². The molecule has 2 N–H and O–H groups in total. The van der Waals surface area contributed by atoms with Gasteiger partial charge in [0.2, 0.25) is 15.9 Å². The van der Waals surface area contributed by atoms with Gasteiger partial charge in [-0.2, -0.15) is 0 Å². The molecule has 0 radical (unpaired) electrons. The second-order valence-electron chi connectivity index (χ2n) is 4.20. The summed E-state index contributed by atoms with van der Waals surface area (Å²) >= 11 is 0. The lowest BCUT2D eigenvalue weighted by atomic mass is 10.3. The van der Waals surface area contributed by atoms with Crippen LogP contribution < -0.4 is 14.8 Å². The average Bonchev–Trinajstić information content (AvgIpc) is 2.56. The predicted molar refractivity (Wildman–Crippen MR) is 70.7 cm³/mol. The first-order valence-electron chi connectivity index (χ1n) is 6.09. The first-order chi connectivity index (χ1) is 9.03. The number of rotatable bonds is 4. The number of nitrogens with one attached hydrogen (secondary N) is 2. The SMILES string of the molecule is CCCNS(=O)(=O)c1ccc2c(c1)NC(=O)CCO2. The van der Waals surface area contributed by atoms with E-state index in [9.17, 15) is 13.2 Å². The Kier molecular flexibility index (Phi) is 4.06. The van der Waals surface area contributed by atoms with Crippen molar-refractivity contribution >= 4 is 21.6 Å². The molecule has 1 heterocycles. The molecular weight excluding hydrogens is 268 g/mol. The lowest BCUT2D eigenvalue weighted by molar-refractivity contribution is -0.116. The number of hydrogen-bond acceptors (Lipinski definition) is 4. The molecule has 2 rings (SSSR count). The average molecular weight is 284 g/mol. The molecule has 0 bridgehead atoms. The largest absolute Gasteiger partial charge is 0.491 e. The quantitative estimate of drug-likeness (QED) is 0.867. The number of benzene rings is 1. The highest BCUT2D eigenvalue weighted by molar-refractivity contribution is 7.89. The van der Waals surface area contributed by atoms with Crippen molar-refractivity contribution in [2.75, 3.05) is 18.5 Å². The summed E-state index contributed by atoms with van der Waals surface area (Å²) in [7, 11) is -3.54. The van der Waals surface area contributed by atoms with E-state index in [0.717, 1.165) is 0 Å². The van der Waals surface area contributed by atoms with Gasteiger partial charge in [-0.25, -0.2) is 13.1 Å². The van der Waals surface area contributed by atoms with E-state index in [0.29, 0.717) is 31.0 Å². The third-order valence-corrected chi connectivity index (χ3v) is 4.12. The number of ether oxygens (including phenoxy) is 1. The Bertz CT molecular complexity index is 583. The molecule has 1 aromatic rings. The van der Waals surface area contributed by atoms with Crippen LogP contribution in [0.3, 0.4) is 0 Å². The molecule has 0 spiro atoms. The zero-order chi connectivity index (χ0) is 13.9. The summed E-state index contributed by atoms with van der Waals surface area (Å²) in [6.07, 6.45) is 0.967. The number of carbonyl (C=O) groups is 1. The summed E-state index contributed by atoms with van der Waals surface area (Å²) in [5.74, 6) is 0.301. The van der Waals surface area contributed by atoms with Crippen LogP contribution >= 0.6 is 0 Å². The maximum absolute atomic E-state index is 12.0.